The standard InChI is InChI=1S/C20H19ClN2O/c21-13-6-8-14(9-7-13)24-15-10-11-19-17(12-15)20(22)16-4-2-1-3-5-18(16)23-19/h6-12H,1-5H2,(H2,22,23). The molecule has 24 heavy (non-hydrogen) atoms. The van der Waals surface area contributed by atoms with E-state index in [-0.39, 0.29) is 0 Å². The summed E-state index contributed by atoms with van der Waals surface area (Å²) in [4.78, 5) is 4.84. The highest BCUT2D eigenvalue weighted by Crippen LogP contribution is 2.33. The minimum absolute atomic E-state index is 0.692. The van der Waals surface area contributed by atoms with Gasteiger partial charge in [-0.05, 0) is 73.7 Å². The van der Waals surface area contributed by atoms with Gasteiger partial charge in [-0.2, -0.15) is 0 Å². The lowest BCUT2D eigenvalue weighted by atomic mass is 10.0. The molecule has 1 heterocycles. The molecule has 0 amide bonds. The van der Waals surface area contributed by atoms with Crippen molar-refractivity contribution in [3.8, 4) is 11.5 Å². The zero-order valence-corrected chi connectivity index (χ0v) is 14.1. The molecule has 122 valence electrons. The number of nitrogen functional groups attached to an aromatic ring is 1. The number of rotatable bonds is 2. The largest absolute Gasteiger partial charge is 0.457 e. The number of hydrogen-bond donors (Lipinski definition) is 1. The van der Waals surface area contributed by atoms with Crippen molar-refractivity contribution in [3.05, 3.63) is 58.7 Å². The van der Waals surface area contributed by atoms with Crippen molar-refractivity contribution in [2.24, 2.45) is 0 Å². The lowest BCUT2D eigenvalue weighted by Gasteiger charge is -2.13. The summed E-state index contributed by atoms with van der Waals surface area (Å²) in [5.41, 5.74) is 10.7. The summed E-state index contributed by atoms with van der Waals surface area (Å²) in [7, 11) is 0. The monoisotopic (exact) mass is 338 g/mol. The van der Waals surface area contributed by atoms with Gasteiger partial charge in [-0.1, -0.05) is 18.0 Å². The van der Waals surface area contributed by atoms with Crippen LogP contribution in [-0.2, 0) is 12.8 Å². The smallest absolute Gasteiger partial charge is 0.128 e. The Morgan fingerprint density at radius 3 is 2.50 bits per heavy atom. The molecule has 0 radical (unpaired) electrons. The van der Waals surface area contributed by atoms with E-state index < -0.39 is 0 Å². The molecule has 4 rings (SSSR count). The van der Waals surface area contributed by atoms with Crippen LogP contribution in [0, 0.1) is 0 Å². The number of ether oxygens (including phenoxy) is 1. The van der Waals surface area contributed by atoms with Crippen molar-refractivity contribution >= 4 is 28.2 Å². The fraction of sp³-hybridized carbons (Fsp3) is 0.250. The van der Waals surface area contributed by atoms with E-state index in [1.165, 1.54) is 30.5 Å². The number of aryl methyl sites for hydroxylation is 1. The molecule has 0 spiro atoms. The molecular weight excluding hydrogens is 320 g/mol. The second kappa shape index (κ2) is 6.33. The van der Waals surface area contributed by atoms with Crippen LogP contribution in [0.15, 0.2) is 42.5 Å². The molecule has 0 aliphatic heterocycles. The average molecular weight is 339 g/mol. The summed E-state index contributed by atoms with van der Waals surface area (Å²) in [6, 6.07) is 13.2. The molecule has 1 aliphatic carbocycles. The number of aromatic nitrogens is 1. The van der Waals surface area contributed by atoms with Crippen molar-refractivity contribution < 1.29 is 4.74 Å². The van der Waals surface area contributed by atoms with Gasteiger partial charge < -0.3 is 10.5 Å². The van der Waals surface area contributed by atoms with Crippen LogP contribution < -0.4 is 10.5 Å². The fourth-order valence-corrected chi connectivity index (χ4v) is 3.44. The third kappa shape index (κ3) is 2.92. The first-order valence-electron chi connectivity index (χ1n) is 8.35. The summed E-state index contributed by atoms with van der Waals surface area (Å²) in [6.45, 7) is 0. The first-order valence-corrected chi connectivity index (χ1v) is 8.73. The van der Waals surface area contributed by atoms with E-state index in [9.17, 15) is 0 Å². The van der Waals surface area contributed by atoms with Crippen molar-refractivity contribution in [1.29, 1.82) is 0 Å². The summed E-state index contributed by atoms with van der Waals surface area (Å²) in [5.74, 6) is 1.51. The van der Waals surface area contributed by atoms with E-state index in [0.717, 1.165) is 40.9 Å². The Balaban J connectivity index is 1.74. The first kappa shape index (κ1) is 15.3. The molecule has 2 aromatic carbocycles. The summed E-state index contributed by atoms with van der Waals surface area (Å²) in [5, 5.41) is 1.67. The van der Waals surface area contributed by atoms with Gasteiger partial charge in [-0.25, -0.2) is 0 Å². The van der Waals surface area contributed by atoms with Crippen LogP contribution in [0.3, 0.4) is 0 Å². The average Bonchev–Trinajstić information content (AvgIpc) is 2.83. The Morgan fingerprint density at radius 2 is 1.67 bits per heavy atom. The molecule has 4 heteroatoms. The number of nitrogens with two attached hydrogens (primary N) is 1. The van der Waals surface area contributed by atoms with Crippen molar-refractivity contribution in [1.82, 2.24) is 4.98 Å². The van der Waals surface area contributed by atoms with Crippen LogP contribution in [0.1, 0.15) is 30.5 Å². The Labute approximate surface area is 146 Å². The zero-order chi connectivity index (χ0) is 16.5. The summed E-state index contributed by atoms with van der Waals surface area (Å²) in [6.07, 6.45) is 5.68. The maximum absolute atomic E-state index is 6.48. The predicted octanol–water partition coefficient (Wildman–Crippen LogP) is 5.53. The molecule has 0 saturated heterocycles. The van der Waals surface area contributed by atoms with Gasteiger partial charge in [0.15, 0.2) is 0 Å². The van der Waals surface area contributed by atoms with E-state index in [2.05, 4.69) is 0 Å². The molecule has 0 fully saturated rings. The van der Waals surface area contributed by atoms with E-state index in [1.807, 2.05) is 42.5 Å². The Hall–Kier alpha value is -2.26. The normalized spacial score (nSPS) is 14.2. The van der Waals surface area contributed by atoms with Crippen molar-refractivity contribution in [3.63, 3.8) is 0 Å². The Kier molecular flexibility index (Phi) is 4.03. The topological polar surface area (TPSA) is 48.1 Å². The number of nitrogens with zero attached hydrogens (tertiary/aromatic N) is 1. The van der Waals surface area contributed by atoms with Crippen LogP contribution >= 0.6 is 11.6 Å². The summed E-state index contributed by atoms with van der Waals surface area (Å²) >= 11 is 5.91. The number of hydrogen-bond acceptors (Lipinski definition) is 3. The molecule has 0 unspecified atom stereocenters. The second-order valence-electron chi connectivity index (χ2n) is 6.25. The van der Waals surface area contributed by atoms with Gasteiger partial charge in [0.1, 0.15) is 11.5 Å². The van der Waals surface area contributed by atoms with Crippen molar-refractivity contribution in [2.45, 2.75) is 32.1 Å². The van der Waals surface area contributed by atoms with Crippen LogP contribution in [0.4, 0.5) is 5.69 Å². The Morgan fingerprint density at radius 1 is 0.917 bits per heavy atom. The van der Waals surface area contributed by atoms with Gasteiger partial charge in [-0.3, -0.25) is 4.98 Å². The van der Waals surface area contributed by atoms with E-state index in [1.54, 1.807) is 0 Å². The third-order valence-electron chi connectivity index (χ3n) is 4.58. The van der Waals surface area contributed by atoms with Crippen LogP contribution in [-0.4, -0.2) is 4.98 Å². The van der Waals surface area contributed by atoms with Crippen molar-refractivity contribution in [2.75, 3.05) is 5.73 Å². The van der Waals surface area contributed by atoms with Crippen LogP contribution in [0.2, 0.25) is 5.02 Å². The van der Waals surface area contributed by atoms with Gasteiger partial charge in [0, 0.05) is 21.8 Å². The lowest BCUT2D eigenvalue weighted by Crippen LogP contribution is -2.03. The summed E-state index contributed by atoms with van der Waals surface area (Å²) < 4.78 is 5.92. The zero-order valence-electron chi connectivity index (χ0n) is 13.4. The van der Waals surface area contributed by atoms with Gasteiger partial charge in [0.25, 0.3) is 0 Å². The molecule has 3 aromatic rings. The fourth-order valence-electron chi connectivity index (χ4n) is 3.32. The molecule has 0 bridgehead atoms. The third-order valence-corrected chi connectivity index (χ3v) is 4.83. The van der Waals surface area contributed by atoms with Gasteiger partial charge >= 0.3 is 0 Å². The number of anilines is 1. The van der Waals surface area contributed by atoms with E-state index in [4.69, 9.17) is 27.1 Å². The molecule has 1 aromatic heterocycles. The van der Waals surface area contributed by atoms with Gasteiger partial charge in [-0.15, -0.1) is 0 Å². The Bertz CT molecular complexity index is 890. The SMILES string of the molecule is Nc1c2c(nc3ccc(Oc4ccc(Cl)cc4)cc13)CCCCC2. The second-order valence-corrected chi connectivity index (χ2v) is 6.68. The van der Waals surface area contributed by atoms with E-state index in [0.29, 0.717) is 5.02 Å². The number of benzene rings is 2. The highest BCUT2D eigenvalue weighted by molar-refractivity contribution is 6.30. The highest BCUT2D eigenvalue weighted by Gasteiger charge is 2.16. The maximum atomic E-state index is 6.48. The molecule has 0 atom stereocenters. The van der Waals surface area contributed by atoms with Gasteiger partial charge in [0.05, 0.1) is 5.52 Å². The first-order chi connectivity index (χ1) is 11.7. The quantitative estimate of drug-likeness (QED) is 0.625. The lowest BCUT2D eigenvalue weighted by molar-refractivity contribution is 0.483. The van der Waals surface area contributed by atoms with E-state index >= 15 is 0 Å². The predicted molar refractivity (Wildman–Crippen MR) is 98.9 cm³/mol. The number of fused-ring (bicyclic) bond motifs is 2. The van der Waals surface area contributed by atoms with Crippen LogP contribution in [0.5, 0.6) is 11.5 Å². The molecule has 1 aliphatic rings. The minimum atomic E-state index is 0.692. The number of pyridine rings is 1. The van der Waals surface area contributed by atoms with Gasteiger partial charge in [0.2, 0.25) is 0 Å². The maximum Gasteiger partial charge on any atom is 0.128 e. The molecule has 2 N–H and O–H groups in total. The number of halogens is 1. The molecule has 3 nitrogen and oxygen atoms in total. The highest BCUT2D eigenvalue weighted by atomic mass is 35.5. The molecule has 0 saturated carbocycles. The molecular formula is C20H19ClN2O. The van der Waals surface area contributed by atoms with Crippen LogP contribution in [0.25, 0.3) is 10.9 Å². The minimum Gasteiger partial charge on any atom is -0.457 e.